The molecule has 12 heteroatoms. The van der Waals surface area contributed by atoms with Gasteiger partial charge in [0.05, 0.1) is 54.8 Å². The highest BCUT2D eigenvalue weighted by Gasteiger charge is 2.23. The lowest BCUT2D eigenvalue weighted by Crippen LogP contribution is -2.41. The molecule has 3 aromatic rings. The van der Waals surface area contributed by atoms with Crippen LogP contribution in [-0.2, 0) is 9.53 Å². The second-order valence-electron chi connectivity index (χ2n) is 8.82. The topological polar surface area (TPSA) is 152 Å². The molecule has 2 saturated heterocycles. The lowest BCUT2D eigenvalue weighted by molar-refractivity contribution is -0.118. The van der Waals surface area contributed by atoms with Crippen LogP contribution in [0.4, 0.5) is 23.1 Å². The number of carbonyl (C=O) groups is 1. The number of morpholine rings is 1. The van der Waals surface area contributed by atoms with E-state index >= 15 is 0 Å². The molecule has 3 N–H and O–H groups in total. The Morgan fingerprint density at radius 3 is 2.68 bits per heavy atom. The number of amides is 1. The fourth-order valence-electron chi connectivity index (χ4n) is 4.27. The summed E-state index contributed by atoms with van der Waals surface area (Å²) in [5.41, 5.74) is 2.74. The van der Waals surface area contributed by atoms with Gasteiger partial charge in [-0.3, -0.25) is 9.69 Å². The highest BCUT2D eigenvalue weighted by molar-refractivity contribution is 5.91. The molecule has 1 atom stereocenters. The predicted octanol–water partition coefficient (Wildman–Crippen LogP) is 1.39. The minimum Gasteiger partial charge on any atom is -0.391 e. The molecule has 0 saturated carbocycles. The van der Waals surface area contributed by atoms with Crippen molar-refractivity contribution < 1.29 is 14.6 Å². The number of nitrogens with one attached hydrogen (secondary N) is 2. The third-order valence-electron chi connectivity index (χ3n) is 6.16. The van der Waals surface area contributed by atoms with Gasteiger partial charge < -0.3 is 25.4 Å². The van der Waals surface area contributed by atoms with Gasteiger partial charge in [-0.2, -0.15) is 5.26 Å². The van der Waals surface area contributed by atoms with Crippen molar-refractivity contribution in [1.29, 1.82) is 5.26 Å². The third kappa shape index (κ3) is 6.15. The van der Waals surface area contributed by atoms with Crippen LogP contribution < -0.4 is 15.5 Å². The first kappa shape index (κ1) is 24.5. The molecule has 0 radical (unpaired) electrons. The molecule has 2 fully saturated rings. The Morgan fingerprint density at radius 1 is 1.11 bits per heavy atom. The molecule has 0 aliphatic carbocycles. The van der Waals surface area contributed by atoms with Crippen molar-refractivity contribution >= 4 is 29.0 Å². The summed E-state index contributed by atoms with van der Waals surface area (Å²) in [6.45, 7) is 4.23. The van der Waals surface area contributed by atoms with E-state index in [1.54, 1.807) is 30.6 Å². The number of aliphatic hydroxyl groups is 1. The maximum atomic E-state index is 12.3. The number of aromatic nitrogens is 4. The largest absolute Gasteiger partial charge is 0.391 e. The summed E-state index contributed by atoms with van der Waals surface area (Å²) < 4.78 is 5.30. The second-order valence-corrected chi connectivity index (χ2v) is 8.82. The summed E-state index contributed by atoms with van der Waals surface area (Å²) in [4.78, 5) is 33.9. The number of β-amino-alcohol motifs (C(OH)–C–C–N with tert-alkyl or cyclic N) is 1. The monoisotopic (exact) mass is 501 g/mol. The van der Waals surface area contributed by atoms with Crippen LogP contribution in [0, 0.1) is 11.3 Å². The lowest BCUT2D eigenvalue weighted by atomic mass is 10.2. The van der Waals surface area contributed by atoms with Gasteiger partial charge in [-0.05, 0) is 36.8 Å². The summed E-state index contributed by atoms with van der Waals surface area (Å²) in [6, 6.07) is 11.0. The van der Waals surface area contributed by atoms with E-state index in [4.69, 9.17) is 4.74 Å². The standard InChI is InChI=1S/C25H27N9O3/c26-13-21-22(34-8-6-18(35)15-34)3-2-19(30-21)20-5-7-27-25(31-20)29-17-1-4-23(28-14-17)32-24(36)16-33-9-11-37-12-10-33/h1-5,7,14,18,35H,6,8-12,15-16H2,(H,27,29,31)(H,28,32,36). The Labute approximate surface area is 214 Å². The van der Waals surface area contributed by atoms with Crippen LogP contribution in [0.5, 0.6) is 0 Å². The third-order valence-corrected chi connectivity index (χ3v) is 6.16. The van der Waals surface area contributed by atoms with E-state index in [1.807, 2.05) is 21.9 Å². The normalized spacial score (nSPS) is 17.8. The first-order chi connectivity index (χ1) is 18.1. The Kier molecular flexibility index (Phi) is 7.46. The molecular weight excluding hydrogens is 474 g/mol. The second kappa shape index (κ2) is 11.3. The number of ether oxygens (including phenoxy) is 1. The lowest BCUT2D eigenvalue weighted by Gasteiger charge is -2.25. The van der Waals surface area contributed by atoms with E-state index in [0.717, 1.165) is 13.1 Å². The first-order valence-corrected chi connectivity index (χ1v) is 12.1. The average molecular weight is 502 g/mol. The Hall–Kier alpha value is -4.18. The highest BCUT2D eigenvalue weighted by atomic mass is 16.5. The van der Waals surface area contributed by atoms with Gasteiger partial charge in [-0.25, -0.2) is 19.9 Å². The van der Waals surface area contributed by atoms with E-state index < -0.39 is 6.10 Å². The number of rotatable bonds is 7. The van der Waals surface area contributed by atoms with Crippen LogP contribution in [0.2, 0.25) is 0 Å². The van der Waals surface area contributed by atoms with Crippen molar-refractivity contribution in [3.63, 3.8) is 0 Å². The summed E-state index contributed by atoms with van der Waals surface area (Å²) in [6.07, 6.45) is 3.48. The fraction of sp³-hybridized carbons (Fsp3) is 0.360. The SMILES string of the molecule is N#Cc1nc(-c2ccnc(Nc3ccc(NC(=O)CN4CCOCC4)nc3)n2)ccc1N1CCC(O)C1. The molecule has 2 aliphatic rings. The fourth-order valence-corrected chi connectivity index (χ4v) is 4.27. The number of nitriles is 1. The molecule has 0 aromatic carbocycles. The van der Waals surface area contributed by atoms with E-state index in [-0.39, 0.29) is 11.6 Å². The number of hydrogen-bond donors (Lipinski definition) is 3. The molecule has 0 spiro atoms. The van der Waals surface area contributed by atoms with Gasteiger partial charge in [0, 0.05) is 32.4 Å². The van der Waals surface area contributed by atoms with Gasteiger partial charge in [0.25, 0.3) is 0 Å². The van der Waals surface area contributed by atoms with Gasteiger partial charge in [0.15, 0.2) is 5.69 Å². The molecule has 5 heterocycles. The van der Waals surface area contributed by atoms with Crippen LogP contribution in [0.3, 0.4) is 0 Å². The number of nitrogens with zero attached hydrogens (tertiary/aromatic N) is 7. The van der Waals surface area contributed by atoms with E-state index in [2.05, 4.69) is 36.6 Å². The highest BCUT2D eigenvalue weighted by Crippen LogP contribution is 2.27. The van der Waals surface area contributed by atoms with Crippen molar-refractivity contribution in [2.75, 3.05) is 61.5 Å². The minimum atomic E-state index is -0.392. The molecule has 5 rings (SSSR count). The first-order valence-electron chi connectivity index (χ1n) is 12.1. The zero-order valence-electron chi connectivity index (χ0n) is 20.2. The van der Waals surface area contributed by atoms with Gasteiger partial charge in [0.1, 0.15) is 11.9 Å². The molecule has 37 heavy (non-hydrogen) atoms. The summed E-state index contributed by atoms with van der Waals surface area (Å²) in [7, 11) is 0. The van der Waals surface area contributed by atoms with E-state index in [9.17, 15) is 15.2 Å². The molecular formula is C25H27N9O3. The summed E-state index contributed by atoms with van der Waals surface area (Å²) in [5, 5.41) is 25.4. The quantitative estimate of drug-likeness (QED) is 0.430. The van der Waals surface area contributed by atoms with Crippen molar-refractivity contribution in [2.45, 2.75) is 12.5 Å². The Morgan fingerprint density at radius 2 is 1.95 bits per heavy atom. The van der Waals surface area contributed by atoms with Crippen LogP contribution in [0.25, 0.3) is 11.4 Å². The van der Waals surface area contributed by atoms with Crippen molar-refractivity contribution in [1.82, 2.24) is 24.8 Å². The smallest absolute Gasteiger partial charge is 0.239 e. The zero-order valence-corrected chi connectivity index (χ0v) is 20.2. The number of aliphatic hydroxyl groups excluding tert-OH is 1. The van der Waals surface area contributed by atoms with Crippen molar-refractivity contribution in [3.8, 4) is 17.5 Å². The number of hydrogen-bond acceptors (Lipinski definition) is 11. The van der Waals surface area contributed by atoms with E-state index in [0.29, 0.717) is 73.8 Å². The number of anilines is 4. The van der Waals surface area contributed by atoms with Gasteiger partial charge in [0.2, 0.25) is 11.9 Å². The molecule has 12 nitrogen and oxygen atoms in total. The van der Waals surface area contributed by atoms with Gasteiger partial charge in [-0.1, -0.05) is 0 Å². The summed E-state index contributed by atoms with van der Waals surface area (Å²) in [5.74, 6) is 0.676. The molecule has 3 aromatic heterocycles. The van der Waals surface area contributed by atoms with Gasteiger partial charge >= 0.3 is 0 Å². The van der Waals surface area contributed by atoms with Crippen molar-refractivity contribution in [3.05, 3.63) is 48.4 Å². The van der Waals surface area contributed by atoms with Crippen LogP contribution in [-0.4, -0.2) is 87.9 Å². The van der Waals surface area contributed by atoms with Gasteiger partial charge in [-0.15, -0.1) is 0 Å². The molecule has 1 amide bonds. The average Bonchev–Trinajstić information content (AvgIpc) is 3.36. The molecule has 0 bridgehead atoms. The van der Waals surface area contributed by atoms with Crippen LogP contribution in [0.15, 0.2) is 42.7 Å². The summed E-state index contributed by atoms with van der Waals surface area (Å²) >= 11 is 0. The maximum Gasteiger partial charge on any atom is 0.239 e. The molecule has 190 valence electrons. The maximum absolute atomic E-state index is 12.3. The zero-order chi connectivity index (χ0) is 25.6. The minimum absolute atomic E-state index is 0.123. The Bertz CT molecular complexity index is 1290. The van der Waals surface area contributed by atoms with Crippen LogP contribution >= 0.6 is 0 Å². The van der Waals surface area contributed by atoms with E-state index in [1.165, 1.54) is 0 Å². The number of carbonyl (C=O) groups excluding carboxylic acids is 1. The van der Waals surface area contributed by atoms with Crippen molar-refractivity contribution in [2.24, 2.45) is 0 Å². The molecule has 2 aliphatic heterocycles. The van der Waals surface area contributed by atoms with Crippen LogP contribution in [0.1, 0.15) is 12.1 Å². The Balaban J connectivity index is 1.23. The number of pyridine rings is 2. The molecule has 1 unspecified atom stereocenters. The predicted molar refractivity (Wildman–Crippen MR) is 136 cm³/mol.